The number of nitrogens with zero attached hydrogens (tertiary/aromatic N) is 2. The van der Waals surface area contributed by atoms with E-state index in [1.54, 1.807) is 13.1 Å². The molecular formula is C15H18N4O2. The highest BCUT2D eigenvalue weighted by Crippen LogP contribution is 2.24. The van der Waals surface area contributed by atoms with Crippen molar-refractivity contribution in [2.75, 3.05) is 17.7 Å². The van der Waals surface area contributed by atoms with Crippen LogP contribution in [-0.2, 0) is 13.0 Å². The molecule has 21 heavy (non-hydrogen) atoms. The Hall–Kier alpha value is -2.63. The Morgan fingerprint density at radius 1 is 1.14 bits per heavy atom. The second kappa shape index (κ2) is 6.69. The monoisotopic (exact) mass is 286 g/mol. The van der Waals surface area contributed by atoms with Crippen LogP contribution in [0.1, 0.15) is 18.1 Å². The van der Waals surface area contributed by atoms with Gasteiger partial charge in [-0.1, -0.05) is 31.2 Å². The van der Waals surface area contributed by atoms with E-state index in [0.717, 1.165) is 12.0 Å². The summed E-state index contributed by atoms with van der Waals surface area (Å²) in [6, 6.07) is 11.2. The molecule has 1 aromatic heterocycles. The first kappa shape index (κ1) is 14.8. The van der Waals surface area contributed by atoms with Gasteiger partial charge < -0.3 is 10.6 Å². The molecule has 6 nitrogen and oxygen atoms in total. The third-order valence-corrected chi connectivity index (χ3v) is 3.22. The first-order valence-corrected chi connectivity index (χ1v) is 6.79. The molecule has 0 saturated heterocycles. The molecule has 0 bridgehead atoms. The Morgan fingerprint density at radius 3 is 2.38 bits per heavy atom. The number of benzene rings is 1. The molecule has 110 valence electrons. The van der Waals surface area contributed by atoms with Crippen molar-refractivity contribution in [2.24, 2.45) is 0 Å². The fourth-order valence-corrected chi connectivity index (χ4v) is 1.95. The molecule has 2 aromatic rings. The number of pyridine rings is 1. The molecule has 0 amide bonds. The van der Waals surface area contributed by atoms with E-state index in [1.165, 1.54) is 11.6 Å². The number of aromatic nitrogens is 1. The van der Waals surface area contributed by atoms with Crippen LogP contribution in [0.3, 0.4) is 0 Å². The van der Waals surface area contributed by atoms with Crippen LogP contribution in [0, 0.1) is 10.1 Å². The van der Waals surface area contributed by atoms with Crippen LogP contribution in [0.15, 0.2) is 36.4 Å². The summed E-state index contributed by atoms with van der Waals surface area (Å²) in [7, 11) is 1.72. The zero-order valence-corrected chi connectivity index (χ0v) is 12.1. The van der Waals surface area contributed by atoms with Crippen molar-refractivity contribution in [3.05, 3.63) is 57.6 Å². The Morgan fingerprint density at radius 2 is 1.81 bits per heavy atom. The fourth-order valence-electron chi connectivity index (χ4n) is 1.95. The average Bonchev–Trinajstić information content (AvgIpc) is 2.52. The number of nitrogens with one attached hydrogen (secondary N) is 2. The van der Waals surface area contributed by atoms with Gasteiger partial charge in [-0.05, 0) is 23.6 Å². The molecule has 2 rings (SSSR count). The largest absolute Gasteiger partial charge is 0.373 e. The van der Waals surface area contributed by atoms with Crippen molar-refractivity contribution in [1.29, 1.82) is 0 Å². The average molecular weight is 286 g/mol. The van der Waals surface area contributed by atoms with Gasteiger partial charge in [-0.15, -0.1) is 0 Å². The molecule has 1 aromatic carbocycles. The summed E-state index contributed by atoms with van der Waals surface area (Å²) in [6.45, 7) is 2.59. The van der Waals surface area contributed by atoms with E-state index in [4.69, 9.17) is 0 Å². The smallest absolute Gasteiger partial charge is 0.311 e. The highest BCUT2D eigenvalue weighted by Gasteiger charge is 2.15. The highest BCUT2D eigenvalue weighted by atomic mass is 16.6. The van der Waals surface area contributed by atoms with E-state index < -0.39 is 4.92 Å². The first-order valence-electron chi connectivity index (χ1n) is 6.79. The van der Waals surface area contributed by atoms with Gasteiger partial charge in [0.05, 0.1) is 4.92 Å². The van der Waals surface area contributed by atoms with Crippen LogP contribution in [0.25, 0.3) is 0 Å². The minimum Gasteiger partial charge on any atom is -0.373 e. The number of hydrogen-bond donors (Lipinski definition) is 2. The number of anilines is 2. The lowest BCUT2D eigenvalue weighted by Crippen LogP contribution is -2.06. The van der Waals surface area contributed by atoms with Crippen LogP contribution in [-0.4, -0.2) is 17.0 Å². The molecule has 0 atom stereocenters. The molecule has 0 radical (unpaired) electrons. The Bertz CT molecular complexity index is 626. The van der Waals surface area contributed by atoms with E-state index >= 15 is 0 Å². The van der Waals surface area contributed by atoms with Gasteiger partial charge in [0.25, 0.3) is 0 Å². The number of aryl methyl sites for hydroxylation is 1. The van der Waals surface area contributed by atoms with Gasteiger partial charge in [-0.3, -0.25) is 10.1 Å². The maximum Gasteiger partial charge on any atom is 0.311 e. The van der Waals surface area contributed by atoms with Gasteiger partial charge in [0, 0.05) is 19.7 Å². The summed E-state index contributed by atoms with van der Waals surface area (Å²) in [5, 5.41) is 16.9. The van der Waals surface area contributed by atoms with Crippen LogP contribution in [0.2, 0.25) is 0 Å². The minimum atomic E-state index is -0.436. The lowest BCUT2D eigenvalue weighted by molar-refractivity contribution is -0.384. The molecular weight excluding hydrogens is 268 g/mol. The summed E-state index contributed by atoms with van der Waals surface area (Å²) < 4.78 is 0. The quantitative estimate of drug-likeness (QED) is 0.629. The minimum absolute atomic E-state index is 0.0285. The van der Waals surface area contributed by atoms with E-state index in [0.29, 0.717) is 12.4 Å². The van der Waals surface area contributed by atoms with Crippen LogP contribution >= 0.6 is 0 Å². The molecule has 0 fully saturated rings. The van der Waals surface area contributed by atoms with Crippen molar-refractivity contribution in [3.63, 3.8) is 0 Å². The molecule has 0 aliphatic heterocycles. The predicted molar refractivity (Wildman–Crippen MR) is 83.6 cm³/mol. The van der Waals surface area contributed by atoms with Crippen molar-refractivity contribution in [2.45, 2.75) is 19.9 Å². The number of rotatable bonds is 6. The van der Waals surface area contributed by atoms with Crippen molar-refractivity contribution < 1.29 is 4.92 Å². The lowest BCUT2D eigenvalue weighted by Gasteiger charge is -2.08. The van der Waals surface area contributed by atoms with Gasteiger partial charge in [0.1, 0.15) is 5.82 Å². The summed E-state index contributed by atoms with van der Waals surface area (Å²) in [6.07, 6.45) is 0.991. The van der Waals surface area contributed by atoms with Crippen LogP contribution < -0.4 is 10.6 Å². The highest BCUT2D eigenvalue weighted by molar-refractivity contribution is 5.60. The molecule has 1 heterocycles. The second-order valence-electron chi connectivity index (χ2n) is 4.59. The van der Waals surface area contributed by atoms with Gasteiger partial charge in [0.2, 0.25) is 5.82 Å². The van der Waals surface area contributed by atoms with Crippen molar-refractivity contribution >= 4 is 17.3 Å². The molecule has 0 saturated carbocycles. The summed E-state index contributed by atoms with van der Waals surface area (Å²) in [5.74, 6) is 0.857. The van der Waals surface area contributed by atoms with Crippen LogP contribution in [0.4, 0.5) is 17.3 Å². The van der Waals surface area contributed by atoms with E-state index in [1.807, 2.05) is 12.1 Å². The standard InChI is InChI=1S/C15H18N4O2/c1-3-11-4-6-12(7-5-11)10-17-15-13(19(20)21)8-9-14(16-2)18-15/h4-9H,3,10H2,1-2H3,(H2,16,17,18). The van der Waals surface area contributed by atoms with E-state index in [9.17, 15) is 10.1 Å². The van der Waals surface area contributed by atoms with Gasteiger partial charge in [-0.25, -0.2) is 4.98 Å². The third-order valence-electron chi connectivity index (χ3n) is 3.22. The molecule has 0 unspecified atom stereocenters. The lowest BCUT2D eigenvalue weighted by atomic mass is 10.1. The zero-order valence-electron chi connectivity index (χ0n) is 12.1. The maximum absolute atomic E-state index is 11.0. The summed E-state index contributed by atoms with van der Waals surface area (Å²) in [5.41, 5.74) is 2.29. The third kappa shape index (κ3) is 3.68. The number of hydrogen-bond acceptors (Lipinski definition) is 5. The number of nitro groups is 1. The SMILES string of the molecule is CCc1ccc(CNc2nc(NC)ccc2[N+](=O)[O-])cc1. The molecule has 6 heteroatoms. The Labute approximate surface area is 123 Å². The van der Waals surface area contributed by atoms with Gasteiger partial charge >= 0.3 is 5.69 Å². The van der Waals surface area contributed by atoms with E-state index in [2.05, 4.69) is 34.7 Å². The Kier molecular flexibility index (Phi) is 4.71. The van der Waals surface area contributed by atoms with Crippen molar-refractivity contribution in [1.82, 2.24) is 4.98 Å². The molecule has 0 aliphatic rings. The zero-order chi connectivity index (χ0) is 15.2. The van der Waals surface area contributed by atoms with Crippen LogP contribution in [0.5, 0.6) is 0 Å². The first-order chi connectivity index (χ1) is 10.1. The molecule has 0 spiro atoms. The second-order valence-corrected chi connectivity index (χ2v) is 4.59. The summed E-state index contributed by atoms with van der Waals surface area (Å²) in [4.78, 5) is 14.8. The fraction of sp³-hybridized carbons (Fsp3) is 0.267. The molecule has 0 aliphatic carbocycles. The van der Waals surface area contributed by atoms with Crippen molar-refractivity contribution in [3.8, 4) is 0 Å². The Balaban J connectivity index is 2.15. The van der Waals surface area contributed by atoms with Gasteiger partial charge in [-0.2, -0.15) is 0 Å². The topological polar surface area (TPSA) is 80.1 Å². The predicted octanol–water partition coefficient (Wildman–Crippen LogP) is 3.21. The molecule has 2 N–H and O–H groups in total. The maximum atomic E-state index is 11.0. The van der Waals surface area contributed by atoms with Gasteiger partial charge in [0.15, 0.2) is 0 Å². The normalized spacial score (nSPS) is 10.2. The summed E-state index contributed by atoms with van der Waals surface area (Å²) >= 11 is 0. The van der Waals surface area contributed by atoms with E-state index in [-0.39, 0.29) is 11.5 Å².